The smallest absolute Gasteiger partial charge is 0.0886 e. The van der Waals surface area contributed by atoms with Crippen molar-refractivity contribution in [3.05, 3.63) is 18.0 Å². The molecular weight excluding hydrogens is 180 g/mol. The van der Waals surface area contributed by atoms with Crippen molar-refractivity contribution in [2.75, 3.05) is 13.2 Å². The highest BCUT2D eigenvalue weighted by molar-refractivity contribution is 5.00. The molecule has 1 aromatic rings. The van der Waals surface area contributed by atoms with Gasteiger partial charge in [0.05, 0.1) is 18.3 Å². The summed E-state index contributed by atoms with van der Waals surface area (Å²) in [6, 6.07) is 0. The summed E-state index contributed by atoms with van der Waals surface area (Å²) in [7, 11) is 0. The van der Waals surface area contributed by atoms with E-state index in [1.54, 1.807) is 4.68 Å². The number of hydrogen-bond acceptors (Lipinski definition) is 3. The van der Waals surface area contributed by atoms with Gasteiger partial charge >= 0.3 is 0 Å². The summed E-state index contributed by atoms with van der Waals surface area (Å²) in [5.41, 5.74) is 0.497. The summed E-state index contributed by atoms with van der Waals surface area (Å²) < 4.78 is 7.02. The highest BCUT2D eigenvalue weighted by Gasteiger charge is 2.30. The van der Waals surface area contributed by atoms with E-state index in [-0.39, 0.29) is 0 Å². The molecule has 4 heteroatoms. The Morgan fingerprint density at radius 2 is 2.29 bits per heavy atom. The number of aliphatic hydroxyl groups is 1. The van der Waals surface area contributed by atoms with Crippen molar-refractivity contribution in [1.82, 2.24) is 9.78 Å². The fourth-order valence-corrected chi connectivity index (χ4v) is 1.76. The average Bonchev–Trinajstić information content (AvgIpc) is 2.51. The average molecular weight is 196 g/mol. The first-order valence-electron chi connectivity index (χ1n) is 4.97. The van der Waals surface area contributed by atoms with E-state index in [2.05, 4.69) is 5.10 Å². The molecule has 14 heavy (non-hydrogen) atoms. The summed E-state index contributed by atoms with van der Waals surface area (Å²) in [6.07, 6.45) is 5.16. The van der Waals surface area contributed by atoms with Crippen molar-refractivity contribution in [1.29, 1.82) is 0 Å². The fourth-order valence-electron chi connectivity index (χ4n) is 1.76. The molecule has 1 aromatic heterocycles. The molecule has 2 heterocycles. The molecule has 0 radical (unpaired) electrons. The van der Waals surface area contributed by atoms with E-state index < -0.39 is 5.60 Å². The van der Waals surface area contributed by atoms with Crippen molar-refractivity contribution in [2.24, 2.45) is 0 Å². The maximum Gasteiger partial charge on any atom is 0.0886 e. The predicted octanol–water partition coefficient (Wildman–Crippen LogP) is 0.733. The van der Waals surface area contributed by atoms with Gasteiger partial charge in [-0.05, 0) is 12.5 Å². The standard InChI is InChI=1S/C10H16N2O2/c1-9-6-11-12(7-9)8-10(13)2-4-14-5-3-10/h6-7,13H,2-5,8H2,1H3. The van der Waals surface area contributed by atoms with Crippen LogP contribution in [0.5, 0.6) is 0 Å². The summed E-state index contributed by atoms with van der Waals surface area (Å²) >= 11 is 0. The zero-order valence-corrected chi connectivity index (χ0v) is 8.44. The topological polar surface area (TPSA) is 47.3 Å². The van der Waals surface area contributed by atoms with Crippen molar-refractivity contribution < 1.29 is 9.84 Å². The van der Waals surface area contributed by atoms with Gasteiger partial charge < -0.3 is 9.84 Å². The molecule has 78 valence electrons. The molecule has 1 saturated heterocycles. The van der Waals surface area contributed by atoms with Gasteiger partial charge in [0, 0.05) is 32.3 Å². The number of rotatable bonds is 2. The second-order valence-corrected chi connectivity index (χ2v) is 4.05. The monoisotopic (exact) mass is 196 g/mol. The van der Waals surface area contributed by atoms with Crippen LogP contribution in [0.2, 0.25) is 0 Å². The van der Waals surface area contributed by atoms with Crippen molar-refractivity contribution in [3.63, 3.8) is 0 Å². The van der Waals surface area contributed by atoms with E-state index in [1.807, 2.05) is 19.3 Å². The molecular formula is C10H16N2O2. The highest BCUT2D eigenvalue weighted by Crippen LogP contribution is 2.22. The minimum atomic E-state index is -0.628. The summed E-state index contributed by atoms with van der Waals surface area (Å²) in [4.78, 5) is 0. The molecule has 1 fully saturated rings. The molecule has 2 rings (SSSR count). The Morgan fingerprint density at radius 1 is 1.57 bits per heavy atom. The second kappa shape index (κ2) is 3.71. The van der Waals surface area contributed by atoms with Crippen LogP contribution in [0.1, 0.15) is 18.4 Å². The molecule has 1 aliphatic rings. The van der Waals surface area contributed by atoms with Gasteiger partial charge in [-0.15, -0.1) is 0 Å². The van der Waals surface area contributed by atoms with E-state index >= 15 is 0 Å². The van der Waals surface area contributed by atoms with Gasteiger partial charge in [0.15, 0.2) is 0 Å². The lowest BCUT2D eigenvalue weighted by Gasteiger charge is -2.31. The van der Waals surface area contributed by atoms with Gasteiger partial charge in [-0.25, -0.2) is 0 Å². The van der Waals surface area contributed by atoms with Crippen molar-refractivity contribution >= 4 is 0 Å². The van der Waals surface area contributed by atoms with E-state index in [0.717, 1.165) is 5.56 Å². The van der Waals surface area contributed by atoms with Crippen LogP contribution in [0.15, 0.2) is 12.4 Å². The maximum atomic E-state index is 10.2. The number of ether oxygens (including phenoxy) is 1. The first-order chi connectivity index (χ1) is 6.68. The SMILES string of the molecule is Cc1cnn(CC2(O)CCOCC2)c1. The Labute approximate surface area is 83.5 Å². The molecule has 0 spiro atoms. The Bertz CT molecular complexity index is 303. The molecule has 1 N–H and O–H groups in total. The molecule has 1 aliphatic heterocycles. The van der Waals surface area contributed by atoms with Crippen LogP contribution in [-0.4, -0.2) is 33.7 Å². The largest absolute Gasteiger partial charge is 0.388 e. The fraction of sp³-hybridized carbons (Fsp3) is 0.700. The molecule has 0 atom stereocenters. The summed E-state index contributed by atoms with van der Waals surface area (Å²) in [5, 5.41) is 14.4. The third-order valence-electron chi connectivity index (χ3n) is 2.64. The first-order valence-corrected chi connectivity index (χ1v) is 4.97. The van der Waals surface area contributed by atoms with Gasteiger partial charge in [0.25, 0.3) is 0 Å². The molecule has 0 amide bonds. The normalized spacial score (nSPS) is 21.0. The Kier molecular flexibility index (Phi) is 2.56. The van der Waals surface area contributed by atoms with Crippen LogP contribution in [0, 0.1) is 6.92 Å². The van der Waals surface area contributed by atoms with Gasteiger partial charge in [-0.1, -0.05) is 0 Å². The van der Waals surface area contributed by atoms with E-state index in [4.69, 9.17) is 4.74 Å². The van der Waals surface area contributed by atoms with Crippen LogP contribution in [0.25, 0.3) is 0 Å². The van der Waals surface area contributed by atoms with Gasteiger partial charge in [0.1, 0.15) is 0 Å². The lowest BCUT2D eigenvalue weighted by atomic mass is 9.94. The van der Waals surface area contributed by atoms with E-state index in [9.17, 15) is 5.11 Å². The third kappa shape index (κ3) is 2.13. The maximum absolute atomic E-state index is 10.2. The Hall–Kier alpha value is -0.870. The zero-order chi connectivity index (χ0) is 10.0. The first kappa shape index (κ1) is 9.68. The Balaban J connectivity index is 2.01. The van der Waals surface area contributed by atoms with E-state index in [0.29, 0.717) is 32.6 Å². The molecule has 0 aliphatic carbocycles. The molecule has 0 saturated carbocycles. The Morgan fingerprint density at radius 3 is 2.86 bits per heavy atom. The molecule has 4 nitrogen and oxygen atoms in total. The van der Waals surface area contributed by atoms with Gasteiger partial charge in [0.2, 0.25) is 0 Å². The number of hydrogen-bond donors (Lipinski definition) is 1. The lowest BCUT2D eigenvalue weighted by molar-refractivity contribution is -0.0744. The van der Waals surface area contributed by atoms with Crippen molar-refractivity contribution in [3.8, 4) is 0 Å². The zero-order valence-electron chi connectivity index (χ0n) is 8.44. The van der Waals surface area contributed by atoms with Crippen LogP contribution in [0.4, 0.5) is 0 Å². The lowest BCUT2D eigenvalue weighted by Crippen LogP contribution is -2.40. The van der Waals surface area contributed by atoms with Crippen LogP contribution >= 0.6 is 0 Å². The molecule has 0 bridgehead atoms. The summed E-state index contributed by atoms with van der Waals surface area (Å²) in [6.45, 7) is 3.87. The molecule has 0 unspecified atom stereocenters. The minimum Gasteiger partial charge on any atom is -0.388 e. The van der Waals surface area contributed by atoms with Gasteiger partial charge in [-0.3, -0.25) is 4.68 Å². The second-order valence-electron chi connectivity index (χ2n) is 4.05. The third-order valence-corrected chi connectivity index (χ3v) is 2.64. The van der Waals surface area contributed by atoms with Crippen LogP contribution in [-0.2, 0) is 11.3 Å². The van der Waals surface area contributed by atoms with Crippen LogP contribution < -0.4 is 0 Å². The van der Waals surface area contributed by atoms with Crippen LogP contribution in [0.3, 0.4) is 0 Å². The quantitative estimate of drug-likeness (QED) is 0.758. The minimum absolute atomic E-state index is 0.574. The predicted molar refractivity (Wildman–Crippen MR) is 52.0 cm³/mol. The number of nitrogens with zero attached hydrogens (tertiary/aromatic N) is 2. The van der Waals surface area contributed by atoms with Gasteiger partial charge in [-0.2, -0.15) is 5.10 Å². The highest BCUT2D eigenvalue weighted by atomic mass is 16.5. The summed E-state index contributed by atoms with van der Waals surface area (Å²) in [5.74, 6) is 0. The van der Waals surface area contributed by atoms with Crippen molar-refractivity contribution in [2.45, 2.75) is 31.9 Å². The van der Waals surface area contributed by atoms with E-state index in [1.165, 1.54) is 0 Å². The molecule has 0 aromatic carbocycles. The number of aromatic nitrogens is 2. The number of aryl methyl sites for hydroxylation is 1.